The second-order valence-corrected chi connectivity index (χ2v) is 1.36. The summed E-state index contributed by atoms with van der Waals surface area (Å²) in [4.78, 5) is 0. The Hall–Kier alpha value is 0.0700. The Balaban J connectivity index is 0. The Bertz CT molecular complexity index is 41.4. The van der Waals surface area contributed by atoms with Crippen molar-refractivity contribution in [2.45, 2.75) is 20.3 Å². The molecule has 0 aliphatic rings. The van der Waals surface area contributed by atoms with Gasteiger partial charge in [0.1, 0.15) is 0 Å². The summed E-state index contributed by atoms with van der Waals surface area (Å²) in [5, 5.41) is 0. The first-order chi connectivity index (χ1) is 3.15. The van der Waals surface area contributed by atoms with Crippen molar-refractivity contribution in [1.82, 2.24) is 0 Å². The van der Waals surface area contributed by atoms with Crippen LogP contribution in [0, 0.1) is 0 Å². The summed E-state index contributed by atoms with van der Waals surface area (Å²) in [6, 6.07) is 0. The highest BCUT2D eigenvalue weighted by Gasteiger charge is 1.42. The molecule has 0 fully saturated rings. The van der Waals surface area contributed by atoms with Crippen molar-refractivity contribution in [2.75, 3.05) is 0 Å². The van der Waals surface area contributed by atoms with Crippen LogP contribution in [0.4, 0.5) is 0 Å². The molecule has 0 amide bonds. The highest BCUT2D eigenvalue weighted by atomic mass is 32.2. The van der Waals surface area contributed by atoms with Gasteiger partial charge in [-0.15, -0.1) is 0 Å². The van der Waals surface area contributed by atoms with E-state index in [-0.39, 0.29) is 0 Å². The number of hydrogen-bond donors (Lipinski definition) is 1. The van der Waals surface area contributed by atoms with Crippen LogP contribution in [0.25, 0.3) is 0 Å². The summed E-state index contributed by atoms with van der Waals surface area (Å²) in [5.41, 5.74) is 0. The van der Waals surface area contributed by atoms with E-state index in [0.717, 1.165) is 0 Å². The normalized spacial score (nSPS) is 11.4. The van der Waals surface area contributed by atoms with Crippen LogP contribution in [-0.2, 0) is 11.4 Å². The topological polar surface area (TPSA) is 60.4 Å². The van der Waals surface area contributed by atoms with E-state index >= 15 is 0 Å². The zero-order chi connectivity index (χ0) is 6.28. The summed E-state index contributed by atoms with van der Waals surface area (Å²) in [6.45, 7) is 4.25. The van der Waals surface area contributed by atoms with E-state index in [1.807, 2.05) is 0 Å². The highest BCUT2D eigenvalue weighted by Crippen LogP contribution is 1.56. The first-order valence-corrected chi connectivity index (χ1v) is 2.96. The van der Waals surface area contributed by atoms with E-state index in [9.17, 15) is 0 Å². The van der Waals surface area contributed by atoms with Gasteiger partial charge in [0.2, 0.25) is 0 Å². The van der Waals surface area contributed by atoms with Gasteiger partial charge in [0.15, 0.2) is 0 Å². The zero-order valence-electron chi connectivity index (χ0n) is 4.38. The molecule has 46 valence electrons. The molecule has 0 saturated carbocycles. The largest absolute Gasteiger partial charge is 0.750 e. The fraction of sp³-hybridized carbons (Fsp3) is 1.00. The van der Waals surface area contributed by atoms with Gasteiger partial charge in [-0.2, -0.15) is 0 Å². The maximum absolute atomic E-state index is 8.56. The van der Waals surface area contributed by atoms with Gasteiger partial charge >= 0.3 is 0 Å². The van der Waals surface area contributed by atoms with Gasteiger partial charge in [0, 0.05) is 0 Å². The molecule has 0 spiro atoms. The second kappa shape index (κ2) is 9.42. The second-order valence-electron chi connectivity index (χ2n) is 0.924. The van der Waals surface area contributed by atoms with Gasteiger partial charge in [-0.05, 0) is 0 Å². The van der Waals surface area contributed by atoms with Gasteiger partial charge in [-0.25, -0.2) is 4.21 Å². The predicted octanol–water partition coefficient (Wildman–Crippen LogP) is 0.755. The van der Waals surface area contributed by atoms with E-state index in [1.165, 1.54) is 6.42 Å². The fourth-order valence-electron chi connectivity index (χ4n) is 0. The highest BCUT2D eigenvalue weighted by molar-refractivity contribution is 7.73. The lowest BCUT2D eigenvalue weighted by Crippen LogP contribution is -1.75. The van der Waals surface area contributed by atoms with E-state index in [2.05, 4.69) is 13.8 Å². The monoisotopic (exact) mass is 125 g/mol. The van der Waals surface area contributed by atoms with E-state index in [0.29, 0.717) is 0 Å². The molecule has 3 nitrogen and oxygen atoms in total. The zero-order valence-corrected chi connectivity index (χ0v) is 5.20. The van der Waals surface area contributed by atoms with Crippen molar-refractivity contribution >= 4 is 11.4 Å². The molecule has 4 heteroatoms. The molecule has 0 saturated heterocycles. The van der Waals surface area contributed by atoms with Gasteiger partial charge < -0.3 is 9.11 Å². The molecule has 0 radical (unpaired) electrons. The molecule has 1 N–H and O–H groups in total. The van der Waals surface area contributed by atoms with Crippen LogP contribution in [0.5, 0.6) is 0 Å². The van der Waals surface area contributed by atoms with Crippen LogP contribution < -0.4 is 0 Å². The Kier molecular flexibility index (Phi) is 13.6. The number of hydrogen-bond acceptors (Lipinski definition) is 2. The number of rotatable bonds is 0. The molecule has 0 rings (SSSR count). The third-order valence-electron chi connectivity index (χ3n) is 0. The van der Waals surface area contributed by atoms with E-state index < -0.39 is 11.4 Å². The van der Waals surface area contributed by atoms with Gasteiger partial charge in [-0.1, -0.05) is 20.3 Å². The molecule has 1 unspecified atom stereocenters. The van der Waals surface area contributed by atoms with Crippen LogP contribution in [0.2, 0.25) is 0 Å². The Labute approximate surface area is 45.9 Å². The summed E-state index contributed by atoms with van der Waals surface area (Å²) in [7, 11) is 0. The molecular weight excluding hydrogens is 116 g/mol. The standard InChI is InChI=1S/C3H8.H2O3S/c1-3-2;1-4(2)3/h3H2,1-2H3;(H2,1,2,3)/p-1. The fourth-order valence-corrected chi connectivity index (χ4v) is 0. The van der Waals surface area contributed by atoms with Crippen molar-refractivity contribution in [3.63, 3.8) is 0 Å². The van der Waals surface area contributed by atoms with E-state index in [1.54, 1.807) is 0 Å². The molecule has 0 aromatic rings. The molecule has 0 heterocycles. The van der Waals surface area contributed by atoms with Crippen LogP contribution in [-0.4, -0.2) is 13.3 Å². The molecule has 0 aromatic carbocycles. The minimum atomic E-state index is -2.86. The lowest BCUT2D eigenvalue weighted by molar-refractivity contribution is 0.436. The maximum Gasteiger partial charge on any atom is 0.0814 e. The third-order valence-corrected chi connectivity index (χ3v) is 0. The van der Waals surface area contributed by atoms with Crippen molar-refractivity contribution in [2.24, 2.45) is 0 Å². The average molecular weight is 125 g/mol. The van der Waals surface area contributed by atoms with Gasteiger partial charge in [-0.3, -0.25) is 0 Å². The van der Waals surface area contributed by atoms with Crippen molar-refractivity contribution in [3.05, 3.63) is 0 Å². The molecular formula is C3H9O3S-. The Morgan fingerprint density at radius 2 is 1.71 bits per heavy atom. The molecule has 0 bridgehead atoms. The Morgan fingerprint density at radius 3 is 1.71 bits per heavy atom. The Morgan fingerprint density at radius 1 is 1.71 bits per heavy atom. The third kappa shape index (κ3) is 20500. The van der Waals surface area contributed by atoms with Gasteiger partial charge in [0.05, 0.1) is 11.4 Å². The van der Waals surface area contributed by atoms with Crippen molar-refractivity contribution in [1.29, 1.82) is 0 Å². The first kappa shape index (κ1) is 10.1. The van der Waals surface area contributed by atoms with Crippen molar-refractivity contribution in [3.8, 4) is 0 Å². The maximum atomic E-state index is 8.56. The summed E-state index contributed by atoms with van der Waals surface area (Å²) in [5.74, 6) is 0. The first-order valence-electron chi connectivity index (χ1n) is 1.93. The summed E-state index contributed by atoms with van der Waals surface area (Å²) < 4.78 is 24.1. The quantitative estimate of drug-likeness (QED) is 0.486. The van der Waals surface area contributed by atoms with E-state index in [4.69, 9.17) is 13.3 Å². The molecule has 0 aliphatic heterocycles. The summed E-state index contributed by atoms with van der Waals surface area (Å²) >= 11 is -2.86. The van der Waals surface area contributed by atoms with Crippen LogP contribution in [0.1, 0.15) is 20.3 Å². The molecule has 7 heavy (non-hydrogen) atoms. The molecule has 1 atom stereocenters. The minimum Gasteiger partial charge on any atom is -0.750 e. The van der Waals surface area contributed by atoms with Crippen LogP contribution in [0.3, 0.4) is 0 Å². The van der Waals surface area contributed by atoms with Gasteiger partial charge in [0.25, 0.3) is 0 Å². The molecule has 0 aromatic heterocycles. The predicted molar refractivity (Wildman–Crippen MR) is 27.5 cm³/mol. The van der Waals surface area contributed by atoms with Crippen LogP contribution >= 0.6 is 0 Å². The van der Waals surface area contributed by atoms with Crippen LogP contribution in [0.15, 0.2) is 0 Å². The minimum absolute atomic E-state index is 1.25. The summed E-state index contributed by atoms with van der Waals surface area (Å²) in [6.07, 6.45) is 1.25. The van der Waals surface area contributed by atoms with Crippen molar-refractivity contribution < 1.29 is 13.3 Å². The smallest absolute Gasteiger partial charge is 0.0814 e. The molecule has 0 aliphatic carbocycles. The average Bonchev–Trinajstić information content (AvgIpc) is 1.33. The lowest BCUT2D eigenvalue weighted by atomic mass is 10.6. The lowest BCUT2D eigenvalue weighted by Gasteiger charge is -1.83. The SMILES string of the molecule is CCC.O=S([O-])O.